The van der Waals surface area contributed by atoms with Crippen molar-refractivity contribution in [1.82, 2.24) is 24.2 Å². The fourth-order valence-corrected chi connectivity index (χ4v) is 5.85. The summed E-state index contributed by atoms with van der Waals surface area (Å²) in [7, 11) is 3.46. The van der Waals surface area contributed by atoms with Crippen LogP contribution in [0.5, 0.6) is 5.75 Å². The molecule has 1 saturated heterocycles. The van der Waals surface area contributed by atoms with Crippen LogP contribution in [0.15, 0.2) is 60.7 Å². The van der Waals surface area contributed by atoms with Gasteiger partial charge in [-0.1, -0.05) is 18.2 Å². The zero-order valence-electron chi connectivity index (χ0n) is 25.2. The van der Waals surface area contributed by atoms with Gasteiger partial charge in [-0.2, -0.15) is 5.10 Å². The fraction of sp³-hybridized carbons (Fsp3) is 0.273. The summed E-state index contributed by atoms with van der Waals surface area (Å²) in [5, 5.41) is 7.58. The highest BCUT2D eigenvalue weighted by atomic mass is 19.1. The lowest BCUT2D eigenvalue weighted by atomic mass is 10.0. The summed E-state index contributed by atoms with van der Waals surface area (Å²) in [6.45, 7) is 6.50. The number of benzene rings is 3. The van der Waals surface area contributed by atoms with Gasteiger partial charge in [0, 0.05) is 48.2 Å². The number of aromatic nitrogens is 4. The number of carbonyl (C=O) groups is 2. The fourth-order valence-electron chi connectivity index (χ4n) is 5.85. The number of nitrogens with zero attached hydrogens (tertiary/aromatic N) is 5. The maximum atomic E-state index is 13.8. The first-order valence-electron chi connectivity index (χ1n) is 14.3. The van der Waals surface area contributed by atoms with Crippen molar-refractivity contribution in [3.8, 4) is 22.8 Å². The van der Waals surface area contributed by atoms with Crippen LogP contribution in [0.4, 0.5) is 10.1 Å². The van der Waals surface area contributed by atoms with Crippen LogP contribution in [0, 0.1) is 26.6 Å². The van der Waals surface area contributed by atoms with Gasteiger partial charge in [0.15, 0.2) is 0 Å². The molecule has 226 valence electrons. The second-order valence-corrected chi connectivity index (χ2v) is 10.9. The quantitative estimate of drug-likeness (QED) is 0.285. The third-order valence-electron chi connectivity index (χ3n) is 8.15. The van der Waals surface area contributed by atoms with Crippen LogP contribution in [0.2, 0.25) is 0 Å². The molecule has 1 unspecified atom stereocenters. The van der Waals surface area contributed by atoms with E-state index in [9.17, 15) is 14.0 Å². The Morgan fingerprint density at radius 1 is 1.07 bits per heavy atom. The van der Waals surface area contributed by atoms with Gasteiger partial charge in [-0.25, -0.2) is 14.1 Å². The largest absolute Gasteiger partial charge is 0.497 e. The zero-order valence-corrected chi connectivity index (χ0v) is 25.2. The van der Waals surface area contributed by atoms with Crippen molar-refractivity contribution in [2.24, 2.45) is 7.05 Å². The van der Waals surface area contributed by atoms with Crippen molar-refractivity contribution in [3.63, 3.8) is 0 Å². The number of carbonyl (C=O) groups excluding carboxylic acids is 2. The zero-order chi connectivity index (χ0) is 31.1. The van der Waals surface area contributed by atoms with Gasteiger partial charge >= 0.3 is 11.8 Å². The van der Waals surface area contributed by atoms with Crippen LogP contribution in [-0.4, -0.2) is 62.9 Å². The van der Waals surface area contributed by atoms with Crippen LogP contribution in [0.3, 0.4) is 0 Å². The first-order valence-corrected chi connectivity index (χ1v) is 14.3. The van der Waals surface area contributed by atoms with Crippen molar-refractivity contribution in [3.05, 3.63) is 89.0 Å². The lowest BCUT2D eigenvalue weighted by Gasteiger charge is -2.35. The number of hydrogen-bond acceptors (Lipinski definition) is 6. The van der Waals surface area contributed by atoms with E-state index < -0.39 is 17.9 Å². The first kappa shape index (κ1) is 29.1. The van der Waals surface area contributed by atoms with Crippen LogP contribution >= 0.6 is 0 Å². The van der Waals surface area contributed by atoms with Crippen LogP contribution in [0.25, 0.3) is 28.1 Å². The van der Waals surface area contributed by atoms with Gasteiger partial charge in [0.25, 0.3) is 0 Å². The molecule has 3 aromatic carbocycles. The topological polar surface area (TPSA) is 104 Å². The van der Waals surface area contributed by atoms with Gasteiger partial charge in [0.1, 0.15) is 17.4 Å². The molecule has 10 nitrogen and oxygen atoms in total. The Kier molecular flexibility index (Phi) is 7.64. The van der Waals surface area contributed by atoms with Crippen LogP contribution < -0.4 is 10.1 Å². The molecule has 6 rings (SSSR count). The summed E-state index contributed by atoms with van der Waals surface area (Å²) in [4.78, 5) is 33.3. The summed E-state index contributed by atoms with van der Waals surface area (Å²) in [5.41, 5.74) is 6.54. The molecule has 5 aromatic rings. The molecule has 0 spiro atoms. The maximum Gasteiger partial charge on any atom is 0.313 e. The smallest absolute Gasteiger partial charge is 0.313 e. The highest BCUT2D eigenvalue weighted by molar-refractivity contribution is 6.39. The number of aryl methyl sites for hydroxylation is 3. The normalized spacial score (nSPS) is 15.0. The molecule has 44 heavy (non-hydrogen) atoms. The predicted octanol–water partition coefficient (Wildman–Crippen LogP) is 5.04. The molecule has 2 amide bonds. The minimum absolute atomic E-state index is 0.242. The molecule has 0 aliphatic carbocycles. The number of nitrogens with one attached hydrogen (secondary N) is 1. The lowest BCUT2D eigenvalue weighted by Crippen LogP contribution is -2.48. The summed E-state index contributed by atoms with van der Waals surface area (Å²) >= 11 is 0. The molecule has 1 aliphatic heterocycles. The third kappa shape index (κ3) is 5.19. The van der Waals surface area contributed by atoms with E-state index in [-0.39, 0.29) is 19.0 Å². The molecule has 0 bridgehead atoms. The van der Waals surface area contributed by atoms with Gasteiger partial charge in [0.2, 0.25) is 0 Å². The molecule has 1 atom stereocenters. The highest BCUT2D eigenvalue weighted by Gasteiger charge is 2.36. The predicted molar refractivity (Wildman–Crippen MR) is 164 cm³/mol. The van der Waals surface area contributed by atoms with E-state index in [1.807, 2.05) is 73.5 Å². The van der Waals surface area contributed by atoms with E-state index in [1.165, 1.54) is 12.1 Å². The number of halogens is 1. The molecule has 1 aliphatic rings. The SMILES string of the molecule is COc1cccc(-n2nc(C)c(C3COCCN3C(=O)C(=O)Nc3cc(-c4nc5cc(F)ccc5n4C)ccc3C)c2C)c1. The van der Waals surface area contributed by atoms with Crippen LogP contribution in [0.1, 0.15) is 28.6 Å². The van der Waals surface area contributed by atoms with Crippen molar-refractivity contribution in [1.29, 1.82) is 0 Å². The van der Waals surface area contributed by atoms with Crippen molar-refractivity contribution in [2.45, 2.75) is 26.8 Å². The Balaban J connectivity index is 1.27. The maximum absolute atomic E-state index is 13.8. The molecule has 1 fully saturated rings. The molecular weight excluding hydrogens is 563 g/mol. The number of imidazole rings is 1. The van der Waals surface area contributed by atoms with Gasteiger partial charge in [-0.05, 0) is 56.7 Å². The Hall–Kier alpha value is -5.03. The average molecular weight is 597 g/mol. The van der Waals surface area contributed by atoms with Crippen molar-refractivity contribution in [2.75, 3.05) is 32.2 Å². The van der Waals surface area contributed by atoms with Gasteiger partial charge in [0.05, 0.1) is 48.8 Å². The van der Waals surface area contributed by atoms with Gasteiger partial charge in [-0.15, -0.1) is 0 Å². The lowest BCUT2D eigenvalue weighted by molar-refractivity contribution is -0.149. The van der Waals surface area contributed by atoms with Crippen molar-refractivity contribution >= 4 is 28.5 Å². The molecule has 1 N–H and O–H groups in total. The van der Waals surface area contributed by atoms with Gasteiger partial charge in [-0.3, -0.25) is 9.59 Å². The Bertz CT molecular complexity index is 1910. The molecule has 0 radical (unpaired) electrons. The monoisotopic (exact) mass is 596 g/mol. The highest BCUT2D eigenvalue weighted by Crippen LogP contribution is 2.32. The summed E-state index contributed by atoms with van der Waals surface area (Å²) in [5.74, 6) is -0.457. The Morgan fingerprint density at radius 2 is 1.89 bits per heavy atom. The average Bonchev–Trinajstić information content (AvgIpc) is 3.51. The van der Waals surface area contributed by atoms with E-state index in [2.05, 4.69) is 10.3 Å². The number of ether oxygens (including phenoxy) is 2. The van der Waals surface area contributed by atoms with E-state index in [1.54, 1.807) is 24.1 Å². The van der Waals surface area contributed by atoms with Crippen LogP contribution in [-0.2, 0) is 21.4 Å². The second-order valence-electron chi connectivity index (χ2n) is 10.9. The number of methoxy groups -OCH3 is 1. The van der Waals surface area contributed by atoms with E-state index >= 15 is 0 Å². The number of amides is 2. The van der Waals surface area contributed by atoms with Crippen molar-refractivity contribution < 1.29 is 23.5 Å². The number of fused-ring (bicyclic) bond motifs is 1. The summed E-state index contributed by atoms with van der Waals surface area (Å²) < 4.78 is 28.7. The van der Waals surface area contributed by atoms with Gasteiger partial charge < -0.3 is 24.3 Å². The first-order chi connectivity index (χ1) is 21.2. The summed E-state index contributed by atoms with van der Waals surface area (Å²) in [6, 6.07) is 17.1. The number of morpholine rings is 1. The van der Waals surface area contributed by atoms with E-state index in [4.69, 9.17) is 14.6 Å². The molecular formula is C33H33FN6O4. The number of rotatable bonds is 5. The molecule has 11 heteroatoms. The van der Waals surface area contributed by atoms with E-state index in [0.29, 0.717) is 29.4 Å². The standard InChI is InChI=1S/C33H33FN6O4/c1-19-9-10-22(31-35-27-16-23(34)11-12-28(27)38(31)4)15-26(19)36-32(41)33(42)39-13-14-44-18-29(39)30-20(2)37-40(21(30)3)24-7-6-8-25(17-24)43-5/h6-12,15-17,29H,13-14,18H2,1-5H3,(H,36,41). The molecule has 3 heterocycles. The van der Waals surface area contributed by atoms with E-state index in [0.717, 1.165) is 39.3 Å². The molecule has 0 saturated carbocycles. The minimum atomic E-state index is -0.750. The third-order valence-corrected chi connectivity index (χ3v) is 8.15. The Morgan fingerprint density at radius 3 is 2.68 bits per heavy atom. The number of anilines is 1. The summed E-state index contributed by atoms with van der Waals surface area (Å²) in [6.07, 6.45) is 0. The number of hydrogen-bond donors (Lipinski definition) is 1. The molecule has 2 aromatic heterocycles. The second kappa shape index (κ2) is 11.6. The Labute approximate surface area is 254 Å². The minimum Gasteiger partial charge on any atom is -0.497 e.